The quantitative estimate of drug-likeness (QED) is 0.848. The average Bonchev–Trinajstić information content (AvgIpc) is 2.44. The molecule has 0 saturated carbocycles. The molecular weight excluding hydrogens is 338 g/mol. The van der Waals surface area contributed by atoms with Crippen molar-refractivity contribution in [2.45, 2.75) is 32.9 Å². The van der Waals surface area contributed by atoms with Gasteiger partial charge >= 0.3 is 5.97 Å². The van der Waals surface area contributed by atoms with Crippen LogP contribution < -0.4 is 9.47 Å². The van der Waals surface area contributed by atoms with E-state index in [9.17, 15) is 4.79 Å². The third-order valence-electron chi connectivity index (χ3n) is 3.58. The molecule has 1 aliphatic rings. The molecule has 1 aromatic carbocycles. The van der Waals surface area contributed by atoms with E-state index in [1.165, 1.54) is 0 Å². The molecule has 0 aromatic heterocycles. The largest absolute Gasteiger partial charge is 0.486 e. The smallest absolute Gasteiger partial charge is 0.304 e. The van der Waals surface area contributed by atoms with Crippen LogP contribution in [0.3, 0.4) is 0 Å². The maximum Gasteiger partial charge on any atom is 0.304 e. The lowest BCUT2D eigenvalue weighted by Gasteiger charge is -2.28. The van der Waals surface area contributed by atoms with Gasteiger partial charge < -0.3 is 14.6 Å². The monoisotopic (exact) mass is 357 g/mol. The molecule has 21 heavy (non-hydrogen) atoms. The Labute approximate surface area is 133 Å². The predicted molar refractivity (Wildman–Crippen MR) is 82.9 cm³/mol. The first-order valence-corrected chi connectivity index (χ1v) is 7.84. The molecule has 116 valence electrons. The molecule has 0 bridgehead atoms. The maximum absolute atomic E-state index is 10.9. The number of carboxylic acid groups (broad SMARTS) is 1. The van der Waals surface area contributed by atoms with Gasteiger partial charge in [-0.1, -0.05) is 22.9 Å². The lowest BCUT2D eigenvalue weighted by molar-refractivity contribution is -0.138. The second kappa shape index (κ2) is 7.13. The van der Waals surface area contributed by atoms with E-state index in [0.29, 0.717) is 19.8 Å². The fraction of sp³-hybridized carbons (Fsp3) is 0.533. The van der Waals surface area contributed by atoms with Gasteiger partial charge in [-0.2, -0.15) is 0 Å². The molecule has 1 aromatic rings. The summed E-state index contributed by atoms with van der Waals surface area (Å²) < 4.78 is 12.1. The molecule has 1 N–H and O–H groups in total. The number of carboxylic acids is 1. The molecule has 1 aliphatic heterocycles. The second-order valence-corrected chi connectivity index (χ2v) is 5.95. The van der Waals surface area contributed by atoms with Crippen LogP contribution in [0.1, 0.15) is 25.8 Å². The number of hydrogen-bond donors (Lipinski definition) is 1. The van der Waals surface area contributed by atoms with Crippen molar-refractivity contribution < 1.29 is 19.4 Å². The molecule has 0 aliphatic carbocycles. The van der Waals surface area contributed by atoms with Crippen molar-refractivity contribution in [2.75, 3.05) is 19.8 Å². The Morgan fingerprint density at radius 2 is 2.00 bits per heavy atom. The number of aliphatic carboxylic acids is 1. The Bertz CT molecular complexity index is 521. The molecular formula is C15H20BrNO4. The number of rotatable bonds is 6. The molecule has 0 fully saturated rings. The minimum atomic E-state index is -0.776. The number of carbonyl (C=O) groups is 1. The highest BCUT2D eigenvalue weighted by Crippen LogP contribution is 2.36. The van der Waals surface area contributed by atoms with Crippen LogP contribution in [0.5, 0.6) is 11.5 Å². The van der Waals surface area contributed by atoms with E-state index in [4.69, 9.17) is 14.6 Å². The first-order valence-electron chi connectivity index (χ1n) is 7.05. The van der Waals surface area contributed by atoms with Crippen LogP contribution in [0.15, 0.2) is 16.6 Å². The van der Waals surface area contributed by atoms with Crippen molar-refractivity contribution in [3.05, 3.63) is 22.2 Å². The Kier molecular flexibility index (Phi) is 5.47. The van der Waals surface area contributed by atoms with Gasteiger partial charge in [-0.25, -0.2) is 0 Å². The first kappa shape index (κ1) is 16.1. The van der Waals surface area contributed by atoms with Crippen LogP contribution in [0.2, 0.25) is 0 Å². The van der Waals surface area contributed by atoms with Gasteiger partial charge in [0, 0.05) is 17.1 Å². The van der Waals surface area contributed by atoms with Crippen LogP contribution in [-0.4, -0.2) is 41.8 Å². The van der Waals surface area contributed by atoms with Crippen LogP contribution in [-0.2, 0) is 11.3 Å². The first-order chi connectivity index (χ1) is 10.0. The summed E-state index contributed by atoms with van der Waals surface area (Å²) in [7, 11) is 0. The third kappa shape index (κ3) is 4.11. The molecule has 1 heterocycles. The van der Waals surface area contributed by atoms with Gasteiger partial charge in [0.05, 0.1) is 6.42 Å². The summed E-state index contributed by atoms with van der Waals surface area (Å²) in [5.41, 5.74) is 1.07. The fourth-order valence-electron chi connectivity index (χ4n) is 2.41. The number of ether oxygens (including phenoxy) is 2. The molecule has 2 rings (SSSR count). The van der Waals surface area contributed by atoms with E-state index in [1.807, 2.05) is 26.0 Å². The van der Waals surface area contributed by atoms with E-state index in [0.717, 1.165) is 28.1 Å². The minimum Gasteiger partial charge on any atom is -0.486 e. The van der Waals surface area contributed by atoms with E-state index in [-0.39, 0.29) is 12.5 Å². The molecule has 6 heteroatoms. The SMILES string of the molecule is CCN(Cc1cc2c(cc1Br)OCCO2)C(C)CC(=O)O. The molecule has 1 atom stereocenters. The van der Waals surface area contributed by atoms with Gasteiger partial charge in [0.25, 0.3) is 0 Å². The summed E-state index contributed by atoms with van der Waals surface area (Å²) in [6, 6.07) is 3.86. The summed E-state index contributed by atoms with van der Waals surface area (Å²) >= 11 is 3.55. The van der Waals surface area contributed by atoms with Crippen molar-refractivity contribution in [3.8, 4) is 11.5 Å². The highest BCUT2D eigenvalue weighted by Gasteiger charge is 2.19. The highest BCUT2D eigenvalue weighted by atomic mass is 79.9. The zero-order valence-electron chi connectivity index (χ0n) is 12.3. The zero-order valence-corrected chi connectivity index (χ0v) is 13.9. The Morgan fingerprint density at radius 1 is 1.38 bits per heavy atom. The second-order valence-electron chi connectivity index (χ2n) is 5.10. The van der Waals surface area contributed by atoms with Gasteiger partial charge in [-0.05, 0) is 31.2 Å². The van der Waals surface area contributed by atoms with Crippen molar-refractivity contribution in [3.63, 3.8) is 0 Å². The van der Waals surface area contributed by atoms with Crippen LogP contribution >= 0.6 is 15.9 Å². The zero-order chi connectivity index (χ0) is 15.4. The van der Waals surface area contributed by atoms with Gasteiger partial charge in [-0.3, -0.25) is 9.69 Å². The lowest BCUT2D eigenvalue weighted by Crippen LogP contribution is -2.34. The summed E-state index contributed by atoms with van der Waals surface area (Å²) in [5.74, 6) is 0.724. The van der Waals surface area contributed by atoms with Crippen molar-refractivity contribution in [1.82, 2.24) is 4.90 Å². The summed E-state index contributed by atoms with van der Waals surface area (Å²) in [6.07, 6.45) is 0.135. The van der Waals surface area contributed by atoms with Crippen LogP contribution in [0.25, 0.3) is 0 Å². The van der Waals surface area contributed by atoms with Crippen LogP contribution in [0, 0.1) is 0 Å². The number of benzene rings is 1. The average molecular weight is 358 g/mol. The molecule has 0 spiro atoms. The minimum absolute atomic E-state index is 0.0207. The normalized spacial score (nSPS) is 15.0. The summed E-state index contributed by atoms with van der Waals surface area (Å²) in [6.45, 7) is 6.54. The maximum atomic E-state index is 10.9. The number of halogens is 1. The molecule has 0 amide bonds. The Morgan fingerprint density at radius 3 is 2.57 bits per heavy atom. The Balaban J connectivity index is 2.15. The van der Waals surface area contributed by atoms with Gasteiger partial charge in [0.1, 0.15) is 13.2 Å². The number of hydrogen-bond acceptors (Lipinski definition) is 4. The van der Waals surface area contributed by atoms with E-state index < -0.39 is 5.97 Å². The summed E-state index contributed by atoms with van der Waals surface area (Å²) in [4.78, 5) is 13.0. The van der Waals surface area contributed by atoms with Crippen molar-refractivity contribution >= 4 is 21.9 Å². The van der Waals surface area contributed by atoms with Crippen molar-refractivity contribution in [1.29, 1.82) is 0 Å². The standard InChI is InChI=1S/C15H20BrNO4/c1-3-17(10(2)6-15(18)19)9-11-7-13-14(8-12(11)16)21-5-4-20-13/h7-8,10H,3-6,9H2,1-2H3,(H,18,19). The number of nitrogens with zero attached hydrogens (tertiary/aromatic N) is 1. The van der Waals surface area contributed by atoms with E-state index in [2.05, 4.69) is 20.8 Å². The fourth-order valence-corrected chi connectivity index (χ4v) is 2.85. The molecule has 1 unspecified atom stereocenters. The van der Waals surface area contributed by atoms with E-state index >= 15 is 0 Å². The molecule has 5 nitrogen and oxygen atoms in total. The van der Waals surface area contributed by atoms with Gasteiger partial charge in [0.2, 0.25) is 0 Å². The molecule has 0 saturated heterocycles. The topological polar surface area (TPSA) is 59.0 Å². The molecule has 0 radical (unpaired) electrons. The van der Waals surface area contributed by atoms with Gasteiger partial charge in [-0.15, -0.1) is 0 Å². The van der Waals surface area contributed by atoms with Crippen molar-refractivity contribution in [2.24, 2.45) is 0 Å². The number of fused-ring (bicyclic) bond motifs is 1. The van der Waals surface area contributed by atoms with Crippen LogP contribution in [0.4, 0.5) is 0 Å². The van der Waals surface area contributed by atoms with E-state index in [1.54, 1.807) is 0 Å². The van der Waals surface area contributed by atoms with Gasteiger partial charge in [0.15, 0.2) is 11.5 Å². The third-order valence-corrected chi connectivity index (χ3v) is 4.32. The Hall–Kier alpha value is -1.27. The highest BCUT2D eigenvalue weighted by molar-refractivity contribution is 9.10. The predicted octanol–water partition coefficient (Wildman–Crippen LogP) is 2.91. The lowest BCUT2D eigenvalue weighted by atomic mass is 10.1. The summed E-state index contributed by atoms with van der Waals surface area (Å²) in [5, 5.41) is 8.93.